The van der Waals surface area contributed by atoms with Gasteiger partial charge in [-0.15, -0.1) is 0 Å². The molecule has 2 rings (SSSR count). The van der Waals surface area contributed by atoms with Gasteiger partial charge in [0, 0.05) is 25.9 Å². The second kappa shape index (κ2) is 5.87. The Labute approximate surface area is 118 Å². The SMILES string of the molecule is O=C(OC1CCN(c2cccc(Cl)n2)CC1)C(F)(F)F. The minimum atomic E-state index is -4.94. The zero-order chi connectivity index (χ0) is 14.8. The highest BCUT2D eigenvalue weighted by Crippen LogP contribution is 2.24. The summed E-state index contributed by atoms with van der Waals surface area (Å²) in [6.45, 7) is 0.923. The fourth-order valence-electron chi connectivity index (χ4n) is 1.99. The molecule has 0 aliphatic carbocycles. The maximum absolute atomic E-state index is 12.1. The van der Waals surface area contributed by atoms with Crippen molar-refractivity contribution in [3.05, 3.63) is 23.4 Å². The van der Waals surface area contributed by atoms with Crippen molar-refractivity contribution < 1.29 is 22.7 Å². The number of hydrogen-bond donors (Lipinski definition) is 0. The van der Waals surface area contributed by atoms with E-state index in [1.165, 1.54) is 0 Å². The summed E-state index contributed by atoms with van der Waals surface area (Å²) in [5, 5.41) is 0.355. The molecule has 2 heterocycles. The molecule has 1 aliphatic rings. The minimum absolute atomic E-state index is 0.329. The van der Waals surface area contributed by atoms with Gasteiger partial charge in [-0.2, -0.15) is 13.2 Å². The number of nitrogens with zero attached hydrogens (tertiary/aromatic N) is 2. The van der Waals surface area contributed by atoms with Crippen LogP contribution in [0.25, 0.3) is 0 Å². The van der Waals surface area contributed by atoms with Gasteiger partial charge in [0.1, 0.15) is 17.1 Å². The standard InChI is InChI=1S/C12H12ClF3N2O2/c13-9-2-1-3-10(17-9)18-6-4-8(5-7-18)20-11(19)12(14,15)16/h1-3,8H,4-7H2. The van der Waals surface area contributed by atoms with Gasteiger partial charge in [-0.3, -0.25) is 0 Å². The molecule has 0 N–H and O–H groups in total. The van der Waals surface area contributed by atoms with E-state index in [-0.39, 0.29) is 0 Å². The maximum atomic E-state index is 12.1. The molecule has 8 heteroatoms. The third-order valence-electron chi connectivity index (χ3n) is 2.97. The second-order valence-corrected chi connectivity index (χ2v) is 4.80. The molecule has 1 saturated heterocycles. The van der Waals surface area contributed by atoms with Crippen molar-refractivity contribution in [1.82, 2.24) is 4.98 Å². The molecule has 0 saturated carbocycles. The number of anilines is 1. The zero-order valence-electron chi connectivity index (χ0n) is 10.4. The Balaban J connectivity index is 1.88. The number of esters is 1. The predicted molar refractivity (Wildman–Crippen MR) is 66.6 cm³/mol. The van der Waals surface area contributed by atoms with Crippen molar-refractivity contribution in [3.8, 4) is 0 Å². The Hall–Kier alpha value is -1.50. The molecule has 4 nitrogen and oxygen atoms in total. The highest BCUT2D eigenvalue weighted by Gasteiger charge is 2.42. The van der Waals surface area contributed by atoms with E-state index >= 15 is 0 Å². The summed E-state index contributed by atoms with van der Waals surface area (Å²) in [6, 6.07) is 5.16. The van der Waals surface area contributed by atoms with Crippen LogP contribution in [-0.4, -0.2) is 36.3 Å². The normalized spacial score (nSPS) is 17.1. The summed E-state index contributed by atoms with van der Waals surface area (Å²) in [4.78, 5) is 16.8. The van der Waals surface area contributed by atoms with Crippen LogP contribution in [0.3, 0.4) is 0 Å². The number of piperidine rings is 1. The first-order valence-electron chi connectivity index (χ1n) is 6.01. The molecule has 0 bridgehead atoms. The van der Waals surface area contributed by atoms with E-state index in [0.717, 1.165) is 0 Å². The molecule has 1 aromatic rings. The molecular weight excluding hydrogens is 297 g/mol. The first-order chi connectivity index (χ1) is 9.36. The van der Waals surface area contributed by atoms with Crippen LogP contribution in [0.15, 0.2) is 18.2 Å². The summed E-state index contributed by atoms with van der Waals surface area (Å²) < 4.78 is 40.7. The van der Waals surface area contributed by atoms with Crippen molar-refractivity contribution in [3.63, 3.8) is 0 Å². The van der Waals surface area contributed by atoms with Crippen LogP contribution in [0.4, 0.5) is 19.0 Å². The van der Waals surface area contributed by atoms with Gasteiger partial charge in [0.2, 0.25) is 0 Å². The van der Waals surface area contributed by atoms with E-state index in [9.17, 15) is 18.0 Å². The molecule has 1 aliphatic heterocycles. The van der Waals surface area contributed by atoms with Crippen LogP contribution in [-0.2, 0) is 9.53 Å². The first kappa shape index (κ1) is 14.9. The largest absolute Gasteiger partial charge is 0.490 e. The fraction of sp³-hybridized carbons (Fsp3) is 0.500. The number of carbonyl (C=O) groups excluding carboxylic acids is 1. The van der Waals surface area contributed by atoms with Gasteiger partial charge >= 0.3 is 12.1 Å². The highest BCUT2D eigenvalue weighted by molar-refractivity contribution is 6.29. The number of pyridine rings is 1. The summed E-state index contributed by atoms with van der Waals surface area (Å²) in [7, 11) is 0. The van der Waals surface area contributed by atoms with Crippen LogP contribution in [0.1, 0.15) is 12.8 Å². The molecule has 0 atom stereocenters. The second-order valence-electron chi connectivity index (χ2n) is 4.41. The Morgan fingerprint density at radius 3 is 2.55 bits per heavy atom. The molecule has 0 radical (unpaired) electrons. The van der Waals surface area contributed by atoms with Crippen LogP contribution in [0.5, 0.6) is 0 Å². The van der Waals surface area contributed by atoms with Gasteiger partial charge in [0.05, 0.1) is 0 Å². The molecule has 1 aromatic heterocycles. The van der Waals surface area contributed by atoms with Gasteiger partial charge in [-0.25, -0.2) is 9.78 Å². The number of hydrogen-bond acceptors (Lipinski definition) is 4. The van der Waals surface area contributed by atoms with Crippen LogP contribution in [0, 0.1) is 0 Å². The quantitative estimate of drug-likeness (QED) is 0.622. The lowest BCUT2D eigenvalue weighted by molar-refractivity contribution is -0.205. The number of halogens is 4. The van der Waals surface area contributed by atoms with E-state index < -0.39 is 18.2 Å². The molecular formula is C12H12ClF3N2O2. The average molecular weight is 309 g/mol. The Morgan fingerprint density at radius 1 is 1.35 bits per heavy atom. The van der Waals surface area contributed by atoms with Crippen molar-refractivity contribution in [2.75, 3.05) is 18.0 Å². The number of rotatable bonds is 2. The molecule has 0 amide bonds. The van der Waals surface area contributed by atoms with Crippen LogP contribution in [0.2, 0.25) is 5.15 Å². The maximum Gasteiger partial charge on any atom is 0.490 e. The molecule has 110 valence electrons. The van der Waals surface area contributed by atoms with Gasteiger partial charge in [-0.05, 0) is 12.1 Å². The van der Waals surface area contributed by atoms with Crippen molar-refractivity contribution >= 4 is 23.4 Å². The summed E-state index contributed by atoms with van der Waals surface area (Å²) in [6.07, 6.45) is -4.99. The Bertz CT molecular complexity index is 488. The molecule has 20 heavy (non-hydrogen) atoms. The smallest absolute Gasteiger partial charge is 0.456 e. The number of ether oxygens (including phenoxy) is 1. The van der Waals surface area contributed by atoms with E-state index in [1.807, 2.05) is 4.90 Å². The molecule has 0 aromatic carbocycles. The average Bonchev–Trinajstić information content (AvgIpc) is 2.38. The van der Waals surface area contributed by atoms with Gasteiger partial charge in [-0.1, -0.05) is 17.7 Å². The predicted octanol–water partition coefficient (Wildman–Crippen LogP) is 2.81. The molecule has 1 fully saturated rings. The Kier molecular flexibility index (Phi) is 4.37. The van der Waals surface area contributed by atoms with Gasteiger partial charge in [0.25, 0.3) is 0 Å². The van der Waals surface area contributed by atoms with E-state index in [2.05, 4.69) is 9.72 Å². The Morgan fingerprint density at radius 2 is 2.00 bits per heavy atom. The first-order valence-corrected chi connectivity index (χ1v) is 6.39. The van der Waals surface area contributed by atoms with Crippen LogP contribution >= 0.6 is 11.6 Å². The van der Waals surface area contributed by atoms with Crippen molar-refractivity contribution in [2.24, 2.45) is 0 Å². The third-order valence-corrected chi connectivity index (χ3v) is 3.18. The minimum Gasteiger partial charge on any atom is -0.456 e. The van der Waals surface area contributed by atoms with Crippen LogP contribution < -0.4 is 4.90 Å². The molecule has 0 spiro atoms. The number of aromatic nitrogens is 1. The van der Waals surface area contributed by atoms with Crippen molar-refractivity contribution in [2.45, 2.75) is 25.1 Å². The van der Waals surface area contributed by atoms with E-state index in [4.69, 9.17) is 11.6 Å². The fourth-order valence-corrected chi connectivity index (χ4v) is 2.15. The van der Waals surface area contributed by atoms with E-state index in [0.29, 0.717) is 36.9 Å². The lowest BCUT2D eigenvalue weighted by Gasteiger charge is -2.32. The highest BCUT2D eigenvalue weighted by atomic mass is 35.5. The molecule has 0 unspecified atom stereocenters. The summed E-state index contributed by atoms with van der Waals surface area (Å²) in [5.41, 5.74) is 0. The zero-order valence-corrected chi connectivity index (χ0v) is 11.1. The van der Waals surface area contributed by atoms with Gasteiger partial charge < -0.3 is 9.64 Å². The van der Waals surface area contributed by atoms with E-state index in [1.54, 1.807) is 18.2 Å². The monoisotopic (exact) mass is 308 g/mol. The lowest BCUT2D eigenvalue weighted by Crippen LogP contribution is -2.40. The topological polar surface area (TPSA) is 42.4 Å². The summed E-state index contributed by atoms with van der Waals surface area (Å²) >= 11 is 5.78. The summed E-state index contributed by atoms with van der Waals surface area (Å²) in [5.74, 6) is -1.46. The third kappa shape index (κ3) is 3.75. The number of alkyl halides is 3. The van der Waals surface area contributed by atoms with Crippen molar-refractivity contribution in [1.29, 1.82) is 0 Å². The number of carbonyl (C=O) groups is 1. The lowest BCUT2D eigenvalue weighted by atomic mass is 10.1. The van der Waals surface area contributed by atoms with Gasteiger partial charge in [0.15, 0.2) is 0 Å².